The van der Waals surface area contributed by atoms with E-state index >= 15 is 0 Å². The third-order valence-electron chi connectivity index (χ3n) is 4.86. The van der Waals surface area contributed by atoms with Crippen LogP contribution >= 0.6 is 23.2 Å². The molecule has 3 aromatic carbocycles. The number of rotatable bonds is 4. The number of benzene rings is 3. The molecule has 0 aliphatic carbocycles. The molecule has 0 aliphatic rings. The minimum Gasteiger partial charge on any atom is -0.326 e. The quantitative estimate of drug-likeness (QED) is 0.284. The summed E-state index contributed by atoms with van der Waals surface area (Å²) in [5.41, 5.74) is -0.568. The average molecular weight is 504 g/mol. The van der Waals surface area contributed by atoms with Crippen LogP contribution < -0.4 is 5.32 Å². The van der Waals surface area contributed by atoms with Crippen molar-refractivity contribution >= 4 is 45.9 Å². The van der Waals surface area contributed by atoms with Gasteiger partial charge in [-0.05, 0) is 48.0 Å². The lowest BCUT2D eigenvalue weighted by Crippen LogP contribution is -2.10. The number of anilines is 2. The number of nitrogens with one attached hydrogen (secondary N) is 1. The first kappa shape index (κ1) is 23.3. The number of alkyl halides is 6. The fourth-order valence-corrected chi connectivity index (χ4v) is 3.80. The summed E-state index contributed by atoms with van der Waals surface area (Å²) in [7, 11) is 0. The van der Waals surface area contributed by atoms with Crippen LogP contribution in [0.3, 0.4) is 0 Å². The highest BCUT2D eigenvalue weighted by Gasteiger charge is 2.34. The highest BCUT2D eigenvalue weighted by molar-refractivity contribution is 6.31. The molecule has 1 heterocycles. The molecular formula is C22H13Cl2F6N3. The van der Waals surface area contributed by atoms with E-state index in [1.165, 1.54) is 12.1 Å². The predicted molar refractivity (Wildman–Crippen MR) is 115 cm³/mol. The van der Waals surface area contributed by atoms with Gasteiger partial charge in [0.1, 0.15) is 0 Å². The Balaban J connectivity index is 1.77. The molecule has 0 saturated carbocycles. The molecule has 1 aromatic heterocycles. The van der Waals surface area contributed by atoms with Crippen LogP contribution in [-0.4, -0.2) is 9.55 Å². The van der Waals surface area contributed by atoms with E-state index in [1.54, 1.807) is 28.8 Å². The van der Waals surface area contributed by atoms with E-state index in [4.69, 9.17) is 23.2 Å². The molecule has 0 aliphatic heterocycles. The lowest BCUT2D eigenvalue weighted by Gasteiger charge is -2.15. The maximum atomic E-state index is 13.3. The summed E-state index contributed by atoms with van der Waals surface area (Å²) in [5.74, 6) is 0.148. The highest BCUT2D eigenvalue weighted by Crippen LogP contribution is 2.38. The molecule has 0 atom stereocenters. The highest BCUT2D eigenvalue weighted by atomic mass is 35.5. The van der Waals surface area contributed by atoms with Gasteiger partial charge in [-0.25, -0.2) is 4.98 Å². The van der Waals surface area contributed by atoms with Gasteiger partial charge >= 0.3 is 12.4 Å². The minimum atomic E-state index is -4.66. The van der Waals surface area contributed by atoms with Gasteiger partial charge in [-0.3, -0.25) is 0 Å². The molecule has 4 aromatic rings. The molecule has 4 rings (SSSR count). The van der Waals surface area contributed by atoms with Crippen LogP contribution in [-0.2, 0) is 18.9 Å². The SMILES string of the molecule is FC(F)(F)c1cc(Cn2c(Nc3ccc(Cl)c(C(F)(F)F)c3)nc3ccccc32)ccc1Cl. The van der Waals surface area contributed by atoms with E-state index in [0.29, 0.717) is 11.0 Å². The summed E-state index contributed by atoms with van der Waals surface area (Å²) >= 11 is 11.4. The van der Waals surface area contributed by atoms with Crippen molar-refractivity contribution in [3.05, 3.63) is 87.4 Å². The molecular weight excluding hydrogens is 491 g/mol. The molecule has 0 bridgehead atoms. The molecule has 0 radical (unpaired) electrons. The second kappa shape index (κ2) is 8.46. The van der Waals surface area contributed by atoms with Crippen molar-refractivity contribution in [3.63, 3.8) is 0 Å². The normalized spacial score (nSPS) is 12.4. The molecule has 0 fully saturated rings. The fraction of sp³-hybridized carbons (Fsp3) is 0.136. The standard InChI is InChI=1S/C22H13Cl2F6N3/c23-16-7-5-12(9-14(16)21(25,26)27)11-33-19-4-2-1-3-18(19)32-20(33)31-13-6-8-17(24)15(10-13)22(28,29)30/h1-10H,11H2,(H,31,32). The van der Waals surface area contributed by atoms with Crippen LogP contribution in [0.4, 0.5) is 38.0 Å². The predicted octanol–water partition coefficient (Wildman–Crippen LogP) is 8.17. The van der Waals surface area contributed by atoms with Gasteiger partial charge in [-0.15, -0.1) is 0 Å². The Morgan fingerprint density at radius 2 is 1.39 bits per heavy atom. The van der Waals surface area contributed by atoms with Gasteiger partial charge in [0.25, 0.3) is 0 Å². The number of hydrogen-bond donors (Lipinski definition) is 1. The van der Waals surface area contributed by atoms with Crippen molar-refractivity contribution in [2.24, 2.45) is 0 Å². The first-order valence-corrected chi connectivity index (χ1v) is 10.1. The molecule has 3 nitrogen and oxygen atoms in total. The number of fused-ring (bicyclic) bond motifs is 1. The topological polar surface area (TPSA) is 29.9 Å². The van der Waals surface area contributed by atoms with Crippen LogP contribution in [0.15, 0.2) is 60.7 Å². The third-order valence-corrected chi connectivity index (χ3v) is 5.52. The Morgan fingerprint density at radius 3 is 2.06 bits per heavy atom. The van der Waals surface area contributed by atoms with Crippen LogP contribution in [0.5, 0.6) is 0 Å². The Hall–Kier alpha value is -2.91. The minimum absolute atomic E-state index is 0.0389. The van der Waals surface area contributed by atoms with E-state index in [0.717, 1.165) is 24.3 Å². The zero-order valence-corrected chi connectivity index (χ0v) is 17.9. The van der Waals surface area contributed by atoms with Crippen LogP contribution in [0.1, 0.15) is 16.7 Å². The summed E-state index contributed by atoms with van der Waals surface area (Å²) in [6, 6.07) is 13.7. The summed E-state index contributed by atoms with van der Waals surface area (Å²) in [4.78, 5) is 4.40. The lowest BCUT2D eigenvalue weighted by atomic mass is 10.1. The van der Waals surface area contributed by atoms with Crippen molar-refractivity contribution in [2.45, 2.75) is 18.9 Å². The van der Waals surface area contributed by atoms with Crippen LogP contribution in [0.2, 0.25) is 10.0 Å². The Morgan fingerprint density at radius 1 is 0.788 bits per heavy atom. The molecule has 0 unspecified atom stereocenters. The smallest absolute Gasteiger partial charge is 0.326 e. The first-order chi connectivity index (χ1) is 15.4. The summed E-state index contributed by atoms with van der Waals surface area (Å²) in [5, 5.41) is 1.94. The maximum Gasteiger partial charge on any atom is 0.417 e. The largest absolute Gasteiger partial charge is 0.417 e. The number of imidazole rings is 1. The van der Waals surface area contributed by atoms with Gasteiger partial charge < -0.3 is 9.88 Å². The van der Waals surface area contributed by atoms with E-state index < -0.39 is 33.5 Å². The Labute approximate surface area is 193 Å². The van der Waals surface area contributed by atoms with E-state index in [1.807, 2.05) is 0 Å². The zero-order chi connectivity index (χ0) is 24.0. The van der Waals surface area contributed by atoms with E-state index in [-0.39, 0.29) is 23.7 Å². The molecule has 0 spiro atoms. The summed E-state index contributed by atoms with van der Waals surface area (Å²) < 4.78 is 81.1. The summed E-state index contributed by atoms with van der Waals surface area (Å²) in [6.45, 7) is -0.0389. The van der Waals surface area contributed by atoms with E-state index in [9.17, 15) is 26.3 Å². The van der Waals surface area contributed by atoms with Gasteiger partial charge in [0.05, 0.1) is 38.8 Å². The van der Waals surface area contributed by atoms with Gasteiger partial charge in [0, 0.05) is 5.69 Å². The Bertz CT molecular complexity index is 1330. The first-order valence-electron chi connectivity index (χ1n) is 9.38. The molecule has 33 heavy (non-hydrogen) atoms. The maximum absolute atomic E-state index is 13.3. The molecule has 172 valence electrons. The molecule has 1 N–H and O–H groups in total. The second-order valence-corrected chi connectivity index (χ2v) is 7.95. The van der Waals surface area contributed by atoms with Crippen LogP contribution in [0.25, 0.3) is 11.0 Å². The number of hydrogen-bond acceptors (Lipinski definition) is 2. The number of aromatic nitrogens is 2. The second-order valence-electron chi connectivity index (χ2n) is 7.14. The van der Waals surface area contributed by atoms with Crippen molar-refractivity contribution in [1.82, 2.24) is 9.55 Å². The zero-order valence-electron chi connectivity index (χ0n) is 16.4. The van der Waals surface area contributed by atoms with Crippen molar-refractivity contribution in [1.29, 1.82) is 0 Å². The molecule has 11 heteroatoms. The number of nitrogens with zero attached hydrogens (tertiary/aromatic N) is 2. The van der Waals surface area contributed by atoms with Gasteiger partial charge in [0.2, 0.25) is 5.95 Å². The van der Waals surface area contributed by atoms with Crippen LogP contribution in [0, 0.1) is 0 Å². The average Bonchev–Trinajstić information content (AvgIpc) is 3.06. The third kappa shape index (κ3) is 4.89. The van der Waals surface area contributed by atoms with Gasteiger partial charge in [0.15, 0.2) is 0 Å². The molecule has 0 amide bonds. The monoisotopic (exact) mass is 503 g/mol. The van der Waals surface area contributed by atoms with Crippen molar-refractivity contribution in [2.75, 3.05) is 5.32 Å². The number of halogens is 8. The fourth-order valence-electron chi connectivity index (χ4n) is 3.35. The van der Waals surface area contributed by atoms with Crippen molar-refractivity contribution < 1.29 is 26.3 Å². The number of para-hydroxylation sites is 2. The van der Waals surface area contributed by atoms with Gasteiger partial charge in [-0.2, -0.15) is 26.3 Å². The van der Waals surface area contributed by atoms with Gasteiger partial charge in [-0.1, -0.05) is 41.4 Å². The van der Waals surface area contributed by atoms with Crippen molar-refractivity contribution in [3.8, 4) is 0 Å². The Kier molecular flexibility index (Phi) is 5.96. The lowest BCUT2D eigenvalue weighted by molar-refractivity contribution is -0.138. The molecule has 0 saturated heterocycles. The van der Waals surface area contributed by atoms with E-state index in [2.05, 4.69) is 10.3 Å². The summed E-state index contributed by atoms with van der Waals surface area (Å²) in [6.07, 6.45) is -9.30.